The Hall–Kier alpha value is -1.63. The molecule has 0 saturated heterocycles. The first-order chi connectivity index (χ1) is 7.46. The van der Waals surface area contributed by atoms with Gasteiger partial charge in [-0.15, -0.1) is 0 Å². The van der Waals surface area contributed by atoms with Crippen LogP contribution in [-0.4, -0.2) is 39.3 Å². The van der Waals surface area contributed by atoms with Gasteiger partial charge in [0.05, 0.1) is 7.11 Å². The molecule has 4 N–H and O–H groups in total. The van der Waals surface area contributed by atoms with E-state index in [-0.39, 0.29) is 24.1 Å². The Bertz CT molecular complexity index is 356. The van der Waals surface area contributed by atoms with Crippen molar-refractivity contribution in [3.63, 3.8) is 0 Å². The standard InChI is InChI=1S/C9H17N5O2/c1-9(2,4-5-15)14-7-11-6(10)12-8(13-7)16-3/h15H,4-5H2,1-3H3,(H3,10,11,12,13,14). The number of aliphatic hydroxyl groups excluding tert-OH is 1. The number of nitrogen functional groups attached to an aromatic ring is 1. The van der Waals surface area contributed by atoms with Crippen LogP contribution in [0.1, 0.15) is 20.3 Å². The predicted octanol–water partition coefficient (Wildman–Crippen LogP) is 0.0353. The molecule has 0 radical (unpaired) electrons. The number of nitrogens with two attached hydrogens (primary N) is 1. The van der Waals surface area contributed by atoms with Crippen LogP contribution in [0.3, 0.4) is 0 Å². The first-order valence-electron chi connectivity index (χ1n) is 4.91. The van der Waals surface area contributed by atoms with Crippen molar-refractivity contribution < 1.29 is 9.84 Å². The Morgan fingerprint density at radius 2 is 2.06 bits per heavy atom. The highest BCUT2D eigenvalue weighted by Crippen LogP contribution is 2.16. The number of aromatic nitrogens is 3. The molecule has 90 valence electrons. The molecular weight excluding hydrogens is 210 g/mol. The molecule has 0 aromatic carbocycles. The molecule has 0 unspecified atom stereocenters. The van der Waals surface area contributed by atoms with Crippen LogP contribution >= 0.6 is 0 Å². The molecule has 1 heterocycles. The number of rotatable bonds is 5. The van der Waals surface area contributed by atoms with Crippen molar-refractivity contribution in [2.24, 2.45) is 0 Å². The highest BCUT2D eigenvalue weighted by molar-refractivity contribution is 5.34. The monoisotopic (exact) mass is 227 g/mol. The largest absolute Gasteiger partial charge is 0.467 e. The number of hydrogen-bond donors (Lipinski definition) is 3. The van der Waals surface area contributed by atoms with E-state index < -0.39 is 0 Å². The Balaban J connectivity index is 2.84. The number of ether oxygens (including phenoxy) is 1. The van der Waals surface area contributed by atoms with Gasteiger partial charge in [-0.2, -0.15) is 15.0 Å². The lowest BCUT2D eigenvalue weighted by Crippen LogP contribution is -2.33. The van der Waals surface area contributed by atoms with Gasteiger partial charge in [0, 0.05) is 12.1 Å². The fourth-order valence-electron chi connectivity index (χ4n) is 1.16. The van der Waals surface area contributed by atoms with E-state index in [0.29, 0.717) is 12.4 Å². The molecule has 1 rings (SSSR count). The average molecular weight is 227 g/mol. The van der Waals surface area contributed by atoms with Gasteiger partial charge in [0.15, 0.2) is 0 Å². The first kappa shape index (κ1) is 12.4. The van der Waals surface area contributed by atoms with Gasteiger partial charge in [0.25, 0.3) is 0 Å². The summed E-state index contributed by atoms with van der Waals surface area (Å²) in [6.07, 6.45) is 0.570. The lowest BCUT2D eigenvalue weighted by atomic mass is 10.0. The van der Waals surface area contributed by atoms with Crippen molar-refractivity contribution in [1.29, 1.82) is 0 Å². The first-order valence-corrected chi connectivity index (χ1v) is 4.91. The van der Waals surface area contributed by atoms with Gasteiger partial charge in [0.1, 0.15) is 0 Å². The second-order valence-corrected chi connectivity index (χ2v) is 3.99. The van der Waals surface area contributed by atoms with E-state index in [1.54, 1.807) is 0 Å². The van der Waals surface area contributed by atoms with Gasteiger partial charge in [0.2, 0.25) is 11.9 Å². The van der Waals surface area contributed by atoms with E-state index in [1.807, 2.05) is 13.8 Å². The Labute approximate surface area is 94.1 Å². The normalized spacial score (nSPS) is 11.2. The SMILES string of the molecule is COc1nc(N)nc(NC(C)(C)CCO)n1. The van der Waals surface area contributed by atoms with Gasteiger partial charge in [-0.05, 0) is 20.3 Å². The third-order valence-electron chi connectivity index (χ3n) is 2.00. The number of nitrogens with zero attached hydrogens (tertiary/aromatic N) is 3. The number of nitrogens with one attached hydrogen (secondary N) is 1. The van der Waals surface area contributed by atoms with E-state index in [4.69, 9.17) is 15.6 Å². The predicted molar refractivity (Wildman–Crippen MR) is 60.2 cm³/mol. The second-order valence-electron chi connectivity index (χ2n) is 3.99. The van der Waals surface area contributed by atoms with Crippen LogP contribution in [0, 0.1) is 0 Å². The quantitative estimate of drug-likeness (QED) is 0.651. The molecule has 7 heteroatoms. The molecule has 0 saturated carbocycles. The maximum atomic E-state index is 8.89. The summed E-state index contributed by atoms with van der Waals surface area (Å²) >= 11 is 0. The van der Waals surface area contributed by atoms with Gasteiger partial charge in [-0.3, -0.25) is 0 Å². The van der Waals surface area contributed by atoms with E-state index in [2.05, 4.69) is 20.3 Å². The van der Waals surface area contributed by atoms with Crippen LogP contribution in [0.5, 0.6) is 6.01 Å². The van der Waals surface area contributed by atoms with E-state index in [0.717, 1.165) is 0 Å². The molecule has 7 nitrogen and oxygen atoms in total. The van der Waals surface area contributed by atoms with Gasteiger partial charge in [-0.25, -0.2) is 0 Å². The summed E-state index contributed by atoms with van der Waals surface area (Å²) in [6, 6.07) is 0.162. The third kappa shape index (κ3) is 3.50. The summed E-state index contributed by atoms with van der Waals surface area (Å²) in [6.45, 7) is 3.93. The topological polar surface area (TPSA) is 106 Å². The van der Waals surface area contributed by atoms with E-state index in [9.17, 15) is 0 Å². The van der Waals surface area contributed by atoms with Crippen LogP contribution in [0.2, 0.25) is 0 Å². The summed E-state index contributed by atoms with van der Waals surface area (Å²) in [5.74, 6) is 0.428. The summed E-state index contributed by atoms with van der Waals surface area (Å²) in [4.78, 5) is 11.7. The number of hydrogen-bond acceptors (Lipinski definition) is 7. The summed E-state index contributed by atoms with van der Waals surface area (Å²) in [5, 5.41) is 11.9. The number of methoxy groups -OCH3 is 1. The lowest BCUT2D eigenvalue weighted by molar-refractivity contribution is 0.260. The minimum atomic E-state index is -0.326. The van der Waals surface area contributed by atoms with Gasteiger partial charge >= 0.3 is 6.01 Å². The lowest BCUT2D eigenvalue weighted by Gasteiger charge is -2.25. The van der Waals surface area contributed by atoms with Crippen molar-refractivity contribution in [3.05, 3.63) is 0 Å². The van der Waals surface area contributed by atoms with Crippen molar-refractivity contribution in [2.75, 3.05) is 24.8 Å². The number of anilines is 2. The zero-order valence-corrected chi connectivity index (χ0v) is 9.69. The minimum absolute atomic E-state index is 0.0811. The molecule has 0 amide bonds. The zero-order chi connectivity index (χ0) is 12.2. The maximum absolute atomic E-state index is 8.89. The molecule has 16 heavy (non-hydrogen) atoms. The summed E-state index contributed by atoms with van der Waals surface area (Å²) < 4.78 is 4.88. The van der Waals surface area contributed by atoms with Crippen LogP contribution < -0.4 is 15.8 Å². The second kappa shape index (κ2) is 4.93. The van der Waals surface area contributed by atoms with E-state index in [1.165, 1.54) is 7.11 Å². The molecular formula is C9H17N5O2. The van der Waals surface area contributed by atoms with Crippen LogP contribution in [0.15, 0.2) is 0 Å². The summed E-state index contributed by atoms with van der Waals surface area (Å²) in [5.41, 5.74) is 5.17. The fourth-order valence-corrected chi connectivity index (χ4v) is 1.16. The molecule has 1 aromatic rings. The Morgan fingerprint density at radius 1 is 1.38 bits per heavy atom. The minimum Gasteiger partial charge on any atom is -0.467 e. The van der Waals surface area contributed by atoms with Gasteiger partial charge in [-0.1, -0.05) is 0 Å². The molecule has 0 fully saturated rings. The fraction of sp³-hybridized carbons (Fsp3) is 0.667. The maximum Gasteiger partial charge on any atom is 0.322 e. The molecule has 0 aliphatic carbocycles. The highest BCUT2D eigenvalue weighted by atomic mass is 16.5. The van der Waals surface area contributed by atoms with E-state index >= 15 is 0 Å². The highest BCUT2D eigenvalue weighted by Gasteiger charge is 2.18. The van der Waals surface area contributed by atoms with Crippen LogP contribution in [-0.2, 0) is 0 Å². The number of aliphatic hydroxyl groups is 1. The van der Waals surface area contributed by atoms with Crippen molar-refractivity contribution in [1.82, 2.24) is 15.0 Å². The van der Waals surface area contributed by atoms with Crippen molar-refractivity contribution in [2.45, 2.75) is 25.8 Å². The average Bonchev–Trinajstić information content (AvgIpc) is 2.15. The zero-order valence-electron chi connectivity index (χ0n) is 9.69. The Kier molecular flexibility index (Phi) is 3.83. The summed E-state index contributed by atoms with van der Waals surface area (Å²) in [7, 11) is 1.46. The van der Waals surface area contributed by atoms with Crippen molar-refractivity contribution >= 4 is 11.9 Å². The molecule has 0 bridgehead atoms. The third-order valence-corrected chi connectivity index (χ3v) is 2.00. The Morgan fingerprint density at radius 3 is 2.62 bits per heavy atom. The molecule has 0 aliphatic rings. The van der Waals surface area contributed by atoms with Crippen molar-refractivity contribution in [3.8, 4) is 6.01 Å². The van der Waals surface area contributed by atoms with Gasteiger partial charge < -0.3 is 20.9 Å². The van der Waals surface area contributed by atoms with Crippen LogP contribution in [0.4, 0.5) is 11.9 Å². The molecule has 1 aromatic heterocycles. The smallest absolute Gasteiger partial charge is 0.322 e. The molecule has 0 aliphatic heterocycles. The van der Waals surface area contributed by atoms with Crippen LogP contribution in [0.25, 0.3) is 0 Å². The molecule has 0 spiro atoms. The molecule has 0 atom stereocenters.